The molecule has 1 heterocycles. The Morgan fingerprint density at radius 2 is 2.06 bits per heavy atom. The molecule has 2 rings (SSSR count). The van der Waals surface area contributed by atoms with Crippen LogP contribution in [0, 0.1) is 0 Å². The van der Waals surface area contributed by atoms with Crippen molar-refractivity contribution in [3.63, 3.8) is 0 Å². The first-order valence-electron chi connectivity index (χ1n) is 5.08. The average Bonchev–Trinajstić information content (AvgIpc) is 2.77. The molecule has 2 aromatic rings. The predicted molar refractivity (Wildman–Crippen MR) is 72.8 cm³/mol. The van der Waals surface area contributed by atoms with E-state index in [1.165, 1.54) is 11.3 Å². The van der Waals surface area contributed by atoms with Crippen molar-refractivity contribution in [3.8, 4) is 10.6 Å². The summed E-state index contributed by atoms with van der Waals surface area (Å²) in [4.78, 5) is 0. The van der Waals surface area contributed by atoms with Crippen LogP contribution in [0.1, 0.15) is 18.0 Å². The summed E-state index contributed by atoms with van der Waals surface area (Å²) in [7, 11) is 1.89. The van der Waals surface area contributed by atoms with Gasteiger partial charge in [0.2, 0.25) is 0 Å². The van der Waals surface area contributed by atoms with Gasteiger partial charge in [-0.15, -0.1) is 10.2 Å². The van der Waals surface area contributed by atoms with Crippen LogP contribution >= 0.6 is 34.5 Å². The molecule has 0 spiro atoms. The molecule has 0 aliphatic rings. The molecule has 0 aliphatic carbocycles. The number of hydrogen-bond donors (Lipinski definition) is 1. The Bertz CT molecular complexity index is 527. The Hall–Kier alpha value is -0.680. The van der Waals surface area contributed by atoms with Crippen molar-refractivity contribution in [2.75, 3.05) is 7.05 Å². The molecule has 17 heavy (non-hydrogen) atoms. The van der Waals surface area contributed by atoms with Gasteiger partial charge in [0.05, 0.1) is 11.1 Å². The first-order chi connectivity index (χ1) is 8.11. The molecule has 1 aromatic heterocycles. The van der Waals surface area contributed by atoms with Crippen molar-refractivity contribution in [1.82, 2.24) is 15.5 Å². The maximum atomic E-state index is 6.13. The Kier molecular flexibility index (Phi) is 3.99. The molecule has 0 aliphatic heterocycles. The quantitative estimate of drug-likeness (QED) is 0.933. The van der Waals surface area contributed by atoms with Gasteiger partial charge in [-0.3, -0.25) is 0 Å². The largest absolute Gasteiger partial charge is 0.311 e. The molecule has 6 heteroatoms. The molecule has 90 valence electrons. The summed E-state index contributed by atoms with van der Waals surface area (Å²) < 4.78 is 0. The fourth-order valence-corrected chi connectivity index (χ4v) is 2.80. The predicted octanol–water partition coefficient (Wildman–Crippen LogP) is 3.79. The molecule has 0 bridgehead atoms. The smallest absolute Gasteiger partial charge is 0.149 e. The molecular weight excluding hydrogens is 277 g/mol. The van der Waals surface area contributed by atoms with Crippen LogP contribution in [-0.2, 0) is 0 Å². The number of benzene rings is 1. The van der Waals surface area contributed by atoms with Crippen LogP contribution in [0.2, 0.25) is 10.0 Å². The van der Waals surface area contributed by atoms with Gasteiger partial charge >= 0.3 is 0 Å². The monoisotopic (exact) mass is 287 g/mol. The molecule has 0 amide bonds. The number of nitrogens with one attached hydrogen (secondary N) is 1. The molecule has 1 unspecified atom stereocenters. The van der Waals surface area contributed by atoms with Gasteiger partial charge in [-0.2, -0.15) is 0 Å². The number of halogens is 2. The third-order valence-electron chi connectivity index (χ3n) is 2.41. The van der Waals surface area contributed by atoms with Crippen LogP contribution in [0.3, 0.4) is 0 Å². The Morgan fingerprint density at radius 3 is 2.71 bits per heavy atom. The van der Waals surface area contributed by atoms with E-state index in [0.717, 1.165) is 15.6 Å². The van der Waals surface area contributed by atoms with E-state index in [0.29, 0.717) is 10.0 Å². The summed E-state index contributed by atoms with van der Waals surface area (Å²) in [5.74, 6) is 0. The van der Waals surface area contributed by atoms with Gasteiger partial charge in [0.15, 0.2) is 0 Å². The Morgan fingerprint density at radius 1 is 1.29 bits per heavy atom. The molecule has 0 saturated heterocycles. The third kappa shape index (κ3) is 2.77. The topological polar surface area (TPSA) is 37.8 Å². The summed E-state index contributed by atoms with van der Waals surface area (Å²) in [5, 5.41) is 14.4. The minimum absolute atomic E-state index is 0.187. The fourth-order valence-electron chi connectivity index (χ4n) is 1.30. The normalized spacial score (nSPS) is 12.7. The van der Waals surface area contributed by atoms with Crippen molar-refractivity contribution in [1.29, 1.82) is 0 Å². The van der Waals surface area contributed by atoms with E-state index in [-0.39, 0.29) is 6.04 Å². The molecular formula is C11H11Cl2N3S. The molecule has 1 aromatic carbocycles. The van der Waals surface area contributed by atoms with Crippen molar-refractivity contribution in [3.05, 3.63) is 33.3 Å². The van der Waals surface area contributed by atoms with Gasteiger partial charge in [0, 0.05) is 10.6 Å². The maximum absolute atomic E-state index is 6.13. The minimum Gasteiger partial charge on any atom is -0.311 e. The molecule has 1 atom stereocenters. The zero-order chi connectivity index (χ0) is 12.4. The van der Waals surface area contributed by atoms with Gasteiger partial charge in [0.25, 0.3) is 0 Å². The van der Waals surface area contributed by atoms with E-state index in [1.807, 2.05) is 20.0 Å². The van der Waals surface area contributed by atoms with Gasteiger partial charge in [-0.1, -0.05) is 34.5 Å². The lowest BCUT2D eigenvalue weighted by molar-refractivity contribution is 0.640. The zero-order valence-electron chi connectivity index (χ0n) is 9.37. The highest BCUT2D eigenvalue weighted by molar-refractivity contribution is 7.14. The molecule has 0 fully saturated rings. The average molecular weight is 288 g/mol. The van der Waals surface area contributed by atoms with Crippen molar-refractivity contribution in [2.24, 2.45) is 0 Å². The zero-order valence-corrected chi connectivity index (χ0v) is 11.7. The lowest BCUT2D eigenvalue weighted by Crippen LogP contribution is -2.11. The Labute approximate surface area is 114 Å². The van der Waals surface area contributed by atoms with Crippen LogP contribution in [-0.4, -0.2) is 17.2 Å². The van der Waals surface area contributed by atoms with Crippen LogP contribution in [0.15, 0.2) is 18.2 Å². The first kappa shape index (κ1) is 12.8. The summed E-state index contributed by atoms with van der Waals surface area (Å²) in [6, 6.07) is 5.55. The Balaban J connectivity index is 2.37. The highest BCUT2D eigenvalue weighted by Gasteiger charge is 2.13. The number of rotatable bonds is 3. The SMILES string of the molecule is CNC(C)c1nnc(-c2ccc(Cl)cc2Cl)s1. The summed E-state index contributed by atoms with van der Waals surface area (Å²) in [5.41, 5.74) is 0.864. The fraction of sp³-hybridized carbons (Fsp3) is 0.273. The molecule has 0 saturated carbocycles. The maximum Gasteiger partial charge on any atom is 0.149 e. The van der Waals surface area contributed by atoms with Crippen LogP contribution in [0.25, 0.3) is 10.6 Å². The lowest BCUT2D eigenvalue weighted by atomic mass is 10.2. The number of hydrogen-bond acceptors (Lipinski definition) is 4. The molecule has 3 nitrogen and oxygen atoms in total. The van der Waals surface area contributed by atoms with Crippen molar-refractivity contribution < 1.29 is 0 Å². The summed E-state index contributed by atoms with van der Waals surface area (Å²) >= 11 is 13.5. The highest BCUT2D eigenvalue weighted by Crippen LogP contribution is 2.33. The second-order valence-electron chi connectivity index (χ2n) is 3.58. The molecule has 0 radical (unpaired) electrons. The lowest BCUT2D eigenvalue weighted by Gasteiger charge is -2.03. The minimum atomic E-state index is 0.187. The van der Waals surface area contributed by atoms with Gasteiger partial charge < -0.3 is 5.32 Å². The standard InChI is InChI=1S/C11H11Cl2N3S/c1-6(14-2)10-15-16-11(17-10)8-4-3-7(12)5-9(8)13/h3-6,14H,1-2H3. The number of aromatic nitrogens is 2. The first-order valence-corrected chi connectivity index (χ1v) is 6.65. The second-order valence-corrected chi connectivity index (χ2v) is 5.43. The molecule has 1 N–H and O–H groups in total. The van der Waals surface area contributed by atoms with E-state index in [2.05, 4.69) is 15.5 Å². The van der Waals surface area contributed by atoms with E-state index in [1.54, 1.807) is 12.1 Å². The van der Waals surface area contributed by atoms with E-state index in [4.69, 9.17) is 23.2 Å². The summed E-state index contributed by atoms with van der Waals surface area (Å²) in [6.07, 6.45) is 0. The van der Waals surface area contributed by atoms with Crippen LogP contribution < -0.4 is 5.32 Å². The van der Waals surface area contributed by atoms with Gasteiger partial charge in [-0.25, -0.2) is 0 Å². The second kappa shape index (κ2) is 5.31. The van der Waals surface area contributed by atoms with E-state index >= 15 is 0 Å². The van der Waals surface area contributed by atoms with Gasteiger partial charge in [0.1, 0.15) is 10.0 Å². The van der Waals surface area contributed by atoms with Gasteiger partial charge in [-0.05, 0) is 32.2 Å². The van der Waals surface area contributed by atoms with E-state index < -0.39 is 0 Å². The number of nitrogens with zero attached hydrogens (tertiary/aromatic N) is 2. The van der Waals surface area contributed by atoms with Crippen LogP contribution in [0.5, 0.6) is 0 Å². The summed E-state index contributed by atoms with van der Waals surface area (Å²) in [6.45, 7) is 2.04. The van der Waals surface area contributed by atoms with Crippen molar-refractivity contribution in [2.45, 2.75) is 13.0 Å². The highest BCUT2D eigenvalue weighted by atomic mass is 35.5. The third-order valence-corrected chi connectivity index (χ3v) is 4.09. The van der Waals surface area contributed by atoms with E-state index in [9.17, 15) is 0 Å². The van der Waals surface area contributed by atoms with Crippen molar-refractivity contribution >= 4 is 34.5 Å². The van der Waals surface area contributed by atoms with Crippen LogP contribution in [0.4, 0.5) is 0 Å².